The fourth-order valence-corrected chi connectivity index (χ4v) is 5.25. The summed E-state index contributed by atoms with van der Waals surface area (Å²) >= 11 is 0. The Bertz CT molecular complexity index is 1320. The van der Waals surface area contributed by atoms with Crippen molar-refractivity contribution in [2.75, 3.05) is 43.5 Å². The van der Waals surface area contributed by atoms with E-state index in [-0.39, 0.29) is 17.8 Å². The number of pyridine rings is 2. The summed E-state index contributed by atoms with van der Waals surface area (Å²) in [7, 11) is 0. The van der Waals surface area contributed by atoms with Crippen molar-refractivity contribution >= 4 is 28.8 Å². The topological polar surface area (TPSA) is 123 Å². The van der Waals surface area contributed by atoms with Crippen LogP contribution >= 0.6 is 0 Å². The van der Waals surface area contributed by atoms with Crippen molar-refractivity contribution in [3.8, 4) is 5.75 Å². The maximum Gasteiger partial charge on any atom is 0.294 e. The lowest BCUT2D eigenvalue weighted by atomic mass is 9.63. The van der Waals surface area contributed by atoms with Gasteiger partial charge in [0.05, 0.1) is 43.0 Å². The van der Waals surface area contributed by atoms with Crippen LogP contribution in [0.1, 0.15) is 48.4 Å². The zero-order valence-electron chi connectivity index (χ0n) is 20.9. The van der Waals surface area contributed by atoms with Gasteiger partial charge in [0.1, 0.15) is 11.9 Å². The minimum Gasteiger partial charge on any atom is -0.485 e. The summed E-state index contributed by atoms with van der Waals surface area (Å²) in [5.41, 5.74) is 2.71. The van der Waals surface area contributed by atoms with Crippen LogP contribution in [0.2, 0.25) is 0 Å². The average Bonchev–Trinajstić information content (AvgIpc) is 3.26. The van der Waals surface area contributed by atoms with Crippen LogP contribution in [-0.4, -0.2) is 75.2 Å². The molecule has 6 rings (SSSR count). The smallest absolute Gasteiger partial charge is 0.294 e. The van der Waals surface area contributed by atoms with Crippen molar-refractivity contribution in [3.63, 3.8) is 0 Å². The van der Waals surface area contributed by atoms with E-state index in [1.165, 1.54) is 32.1 Å². The number of piperidine rings is 1. The number of amides is 2. The lowest BCUT2D eigenvalue weighted by Crippen LogP contribution is -2.45. The Morgan fingerprint density at radius 1 is 1.14 bits per heavy atom. The number of nitrogens with one attached hydrogen (secondary N) is 2. The van der Waals surface area contributed by atoms with Gasteiger partial charge in [-0.25, -0.2) is 0 Å². The molecule has 2 aliphatic heterocycles. The number of hydrogen-bond donors (Lipinski definition) is 2. The molecule has 0 atom stereocenters. The van der Waals surface area contributed by atoms with Crippen molar-refractivity contribution in [3.05, 3.63) is 42.1 Å². The molecule has 1 spiro atoms. The summed E-state index contributed by atoms with van der Waals surface area (Å²) in [6, 6.07) is 5.22. The van der Waals surface area contributed by atoms with Crippen molar-refractivity contribution in [2.24, 2.45) is 5.41 Å². The molecule has 11 heteroatoms. The maximum atomic E-state index is 13.0. The van der Waals surface area contributed by atoms with E-state index in [1.54, 1.807) is 41.9 Å². The highest BCUT2D eigenvalue weighted by Gasteiger charge is 2.39. The number of carbonyl (C=O) groups is 2. The lowest BCUT2D eigenvalue weighted by molar-refractivity contribution is -0.118. The molecular formula is C26H31N7O4. The fraction of sp³-hybridized carbons (Fsp3) is 0.500. The highest BCUT2D eigenvalue weighted by atomic mass is 16.6. The number of aryl methyl sites for hydroxylation is 1. The monoisotopic (exact) mass is 505 g/mol. The molecular weight excluding hydrogens is 474 g/mol. The molecule has 3 aliphatic rings. The van der Waals surface area contributed by atoms with E-state index in [0.717, 1.165) is 13.1 Å². The van der Waals surface area contributed by atoms with Crippen LogP contribution in [0, 0.1) is 12.3 Å². The first kappa shape index (κ1) is 23.8. The Hall–Kier alpha value is -3.57. The Morgan fingerprint density at radius 3 is 2.65 bits per heavy atom. The normalized spacial score (nSPS) is 19.3. The van der Waals surface area contributed by atoms with Crippen LogP contribution < -0.4 is 15.4 Å². The average molecular weight is 506 g/mol. The predicted octanol–water partition coefficient (Wildman–Crippen LogP) is 2.67. The van der Waals surface area contributed by atoms with Crippen LogP contribution in [0.25, 0.3) is 5.65 Å². The maximum absolute atomic E-state index is 13.0. The van der Waals surface area contributed by atoms with Gasteiger partial charge >= 0.3 is 0 Å². The Kier molecular flexibility index (Phi) is 6.25. The third-order valence-electron chi connectivity index (χ3n) is 7.81. The highest BCUT2D eigenvalue weighted by molar-refractivity contribution is 6.03. The van der Waals surface area contributed by atoms with Crippen molar-refractivity contribution in [2.45, 2.75) is 45.1 Å². The molecule has 3 aromatic heterocycles. The van der Waals surface area contributed by atoms with Crippen LogP contribution in [0.3, 0.4) is 0 Å². The third kappa shape index (κ3) is 5.01. The quantitative estimate of drug-likeness (QED) is 0.503. The molecule has 3 aromatic rings. The number of likely N-dealkylation sites (tertiary alicyclic amines) is 1. The second-order valence-electron chi connectivity index (χ2n) is 10.4. The fourth-order valence-electron chi connectivity index (χ4n) is 5.25. The van der Waals surface area contributed by atoms with Crippen LogP contribution in [0.4, 0.5) is 11.4 Å². The zero-order valence-corrected chi connectivity index (χ0v) is 20.9. The number of anilines is 2. The van der Waals surface area contributed by atoms with Crippen molar-refractivity contribution in [1.29, 1.82) is 0 Å². The van der Waals surface area contributed by atoms with Crippen LogP contribution in [-0.2, 0) is 9.53 Å². The lowest BCUT2D eigenvalue weighted by Gasteiger charge is -2.47. The number of fused-ring (bicyclic) bond motifs is 1. The van der Waals surface area contributed by atoms with Gasteiger partial charge in [-0.2, -0.15) is 0 Å². The molecule has 2 saturated heterocycles. The molecule has 1 saturated carbocycles. The van der Waals surface area contributed by atoms with E-state index < -0.39 is 5.91 Å². The molecule has 37 heavy (non-hydrogen) atoms. The molecule has 11 nitrogen and oxygen atoms in total. The number of hydrogen-bond acceptors (Lipinski definition) is 8. The number of rotatable bonds is 7. The zero-order chi connectivity index (χ0) is 25.4. The Balaban J connectivity index is 1.08. The summed E-state index contributed by atoms with van der Waals surface area (Å²) in [5.74, 6) is 0.273. The number of aromatic nitrogens is 4. The molecule has 194 valence electrons. The summed E-state index contributed by atoms with van der Waals surface area (Å²) in [5, 5.41) is 13.9. The van der Waals surface area contributed by atoms with Crippen LogP contribution in [0.15, 0.2) is 30.6 Å². The van der Waals surface area contributed by atoms with E-state index >= 15 is 0 Å². The van der Waals surface area contributed by atoms with Gasteiger partial charge in [0.25, 0.3) is 5.91 Å². The Morgan fingerprint density at radius 2 is 1.95 bits per heavy atom. The molecule has 2 N–H and O–H groups in total. The minimum absolute atomic E-state index is 0.0377. The molecule has 3 fully saturated rings. The SMILES string of the molecule is Cc1ncc(NC(=O)CN2CCC3(CCC3)CC2)cc1NC(=O)c1nnc2cc(OC3COC3)ccn12. The second kappa shape index (κ2) is 9.71. The van der Waals surface area contributed by atoms with Gasteiger partial charge in [-0.1, -0.05) is 6.42 Å². The van der Waals surface area contributed by atoms with Crippen molar-refractivity contribution in [1.82, 2.24) is 24.5 Å². The summed E-state index contributed by atoms with van der Waals surface area (Å²) in [6.45, 7) is 5.22. The van der Waals surface area contributed by atoms with Gasteiger partial charge in [-0.05, 0) is 63.2 Å². The van der Waals surface area contributed by atoms with Gasteiger partial charge in [0.2, 0.25) is 11.7 Å². The van der Waals surface area contributed by atoms with E-state index in [1.807, 2.05) is 0 Å². The van der Waals surface area contributed by atoms with Gasteiger partial charge in [0.15, 0.2) is 5.65 Å². The molecule has 0 aromatic carbocycles. The molecule has 0 bridgehead atoms. The molecule has 2 amide bonds. The Labute approximate surface area is 214 Å². The largest absolute Gasteiger partial charge is 0.485 e. The first-order chi connectivity index (χ1) is 18.0. The predicted molar refractivity (Wildman–Crippen MR) is 136 cm³/mol. The van der Waals surface area contributed by atoms with E-state index in [9.17, 15) is 9.59 Å². The summed E-state index contributed by atoms with van der Waals surface area (Å²) in [4.78, 5) is 32.3. The van der Waals surface area contributed by atoms with E-state index in [4.69, 9.17) is 9.47 Å². The van der Waals surface area contributed by atoms with E-state index in [0.29, 0.717) is 53.6 Å². The summed E-state index contributed by atoms with van der Waals surface area (Å²) in [6.07, 6.45) is 9.74. The number of carbonyl (C=O) groups excluding carboxylic acids is 2. The first-order valence-electron chi connectivity index (χ1n) is 12.9. The second-order valence-corrected chi connectivity index (χ2v) is 10.4. The molecule has 0 radical (unpaired) electrons. The van der Waals surface area contributed by atoms with Gasteiger partial charge in [-0.15, -0.1) is 10.2 Å². The molecule has 0 unspecified atom stereocenters. The van der Waals surface area contributed by atoms with Crippen LogP contribution in [0.5, 0.6) is 5.75 Å². The van der Waals surface area contributed by atoms with Gasteiger partial charge in [0, 0.05) is 12.3 Å². The summed E-state index contributed by atoms with van der Waals surface area (Å²) < 4.78 is 12.5. The first-order valence-corrected chi connectivity index (χ1v) is 12.9. The van der Waals surface area contributed by atoms with Gasteiger partial charge < -0.3 is 20.1 Å². The van der Waals surface area contributed by atoms with Gasteiger partial charge in [-0.3, -0.25) is 23.9 Å². The highest BCUT2D eigenvalue weighted by Crippen LogP contribution is 2.48. The standard InChI is InChI=1S/C26H31N7O4/c1-17-21(11-18(13-27-17)28-23(34)14-32-9-6-26(7-10-32)4-2-5-26)29-25(35)24-31-30-22-12-19(3-8-33(22)24)37-20-15-36-16-20/h3,8,11-13,20H,2,4-7,9-10,14-16H2,1H3,(H,28,34)(H,29,35). The van der Waals surface area contributed by atoms with Crippen molar-refractivity contribution < 1.29 is 19.1 Å². The molecule has 1 aliphatic carbocycles. The number of ether oxygens (including phenoxy) is 2. The minimum atomic E-state index is -0.430. The third-order valence-corrected chi connectivity index (χ3v) is 7.81. The number of nitrogens with zero attached hydrogens (tertiary/aromatic N) is 5. The van der Waals surface area contributed by atoms with E-state index in [2.05, 4.69) is 30.7 Å². The molecule has 5 heterocycles.